The number of rotatable bonds is 1. The lowest BCUT2D eigenvalue weighted by Gasteiger charge is -1.87. The average Bonchev–Trinajstić information content (AvgIpc) is 2.34. The molecule has 5 nitrogen and oxygen atoms in total. The summed E-state index contributed by atoms with van der Waals surface area (Å²) in [6.07, 6.45) is 1.28. The summed E-state index contributed by atoms with van der Waals surface area (Å²) in [7, 11) is 0. The molecule has 54 valence electrons. The Morgan fingerprint density at radius 2 is 2.50 bits per heavy atom. The van der Waals surface area contributed by atoms with Crippen LogP contribution in [0.2, 0.25) is 0 Å². The summed E-state index contributed by atoms with van der Waals surface area (Å²) in [5.74, 6) is 0. The monoisotopic (exact) mass is 142 g/mol. The number of hydrogen-bond acceptors (Lipinski definition) is 3. The first-order valence-corrected chi connectivity index (χ1v) is 2.61. The molecule has 1 aromatic rings. The van der Waals surface area contributed by atoms with Gasteiger partial charge in [0.2, 0.25) is 0 Å². The fourth-order valence-electron chi connectivity index (χ4n) is 0.550. The van der Waals surface area contributed by atoms with E-state index < -0.39 is 6.09 Å². The molecule has 2 N–H and O–H groups in total. The van der Waals surface area contributed by atoms with Crippen LogP contribution in [0.15, 0.2) is 12.5 Å². The van der Waals surface area contributed by atoms with Gasteiger partial charge in [-0.25, -0.2) is 14.3 Å². The molecule has 1 aromatic heterocycles. The first-order chi connectivity index (χ1) is 4.74. The van der Waals surface area contributed by atoms with Gasteiger partial charge in [0, 0.05) is 6.20 Å². The Kier molecular flexibility index (Phi) is 1.68. The van der Waals surface area contributed by atoms with Gasteiger partial charge in [-0.05, 0) is 0 Å². The lowest BCUT2D eigenvalue weighted by atomic mass is 10.5. The van der Waals surface area contributed by atoms with Crippen LogP contribution in [0.3, 0.4) is 0 Å². The van der Waals surface area contributed by atoms with E-state index in [0.717, 1.165) is 10.9 Å². The van der Waals surface area contributed by atoms with Gasteiger partial charge in [0.25, 0.3) is 0 Å². The van der Waals surface area contributed by atoms with Crippen molar-refractivity contribution in [3.8, 4) is 0 Å². The molecule has 0 spiro atoms. The largest absolute Gasteiger partial charge is 0.464 e. The predicted octanol–water partition coefficient (Wildman–Crippen LogP) is -0.0985. The molecule has 0 saturated heterocycles. The summed E-state index contributed by atoms with van der Waals surface area (Å²) in [6.45, 7) is -0.236. The normalized spacial score (nSPS) is 9.70. The van der Waals surface area contributed by atoms with Crippen LogP contribution in [-0.2, 0) is 6.61 Å². The molecule has 1 rings (SSSR count). The first kappa shape index (κ1) is 6.76. The van der Waals surface area contributed by atoms with Crippen LogP contribution in [0.25, 0.3) is 0 Å². The second kappa shape index (κ2) is 2.49. The number of hydrogen-bond donors (Lipinski definition) is 2. The van der Waals surface area contributed by atoms with Crippen LogP contribution in [0.5, 0.6) is 0 Å². The molecule has 0 aromatic carbocycles. The second-order valence-electron chi connectivity index (χ2n) is 1.71. The van der Waals surface area contributed by atoms with Crippen molar-refractivity contribution in [1.82, 2.24) is 9.55 Å². The van der Waals surface area contributed by atoms with Gasteiger partial charge in [0.05, 0.1) is 12.3 Å². The highest BCUT2D eigenvalue weighted by atomic mass is 16.4. The van der Waals surface area contributed by atoms with Crippen LogP contribution < -0.4 is 0 Å². The van der Waals surface area contributed by atoms with Crippen molar-refractivity contribution in [1.29, 1.82) is 0 Å². The van der Waals surface area contributed by atoms with Crippen LogP contribution in [-0.4, -0.2) is 25.9 Å². The Balaban J connectivity index is 2.88. The Labute approximate surface area is 56.6 Å². The van der Waals surface area contributed by atoms with Crippen molar-refractivity contribution in [2.75, 3.05) is 0 Å². The minimum absolute atomic E-state index is 0.236. The molecule has 5 heteroatoms. The number of carbonyl (C=O) groups is 1. The average molecular weight is 142 g/mol. The van der Waals surface area contributed by atoms with E-state index in [2.05, 4.69) is 4.98 Å². The maximum atomic E-state index is 10.2. The van der Waals surface area contributed by atoms with Crippen LogP contribution in [0, 0.1) is 0 Å². The minimum atomic E-state index is -1.10. The SMILES string of the molecule is O=C(O)n1cnc(CO)c1. The fourth-order valence-corrected chi connectivity index (χ4v) is 0.550. The zero-order valence-corrected chi connectivity index (χ0v) is 5.06. The lowest BCUT2D eigenvalue weighted by Crippen LogP contribution is -2.03. The van der Waals surface area contributed by atoms with Gasteiger partial charge in [-0.3, -0.25) is 0 Å². The van der Waals surface area contributed by atoms with E-state index in [1.165, 1.54) is 6.20 Å². The number of aromatic nitrogens is 2. The number of aliphatic hydroxyl groups is 1. The zero-order chi connectivity index (χ0) is 7.56. The van der Waals surface area contributed by atoms with Gasteiger partial charge >= 0.3 is 6.09 Å². The standard InChI is InChI=1S/C5H6N2O3/c8-2-4-1-7(3-6-4)5(9)10/h1,3,8H,2H2,(H,9,10). The smallest absolute Gasteiger partial charge is 0.416 e. The molecule has 0 amide bonds. The molecule has 0 atom stereocenters. The van der Waals surface area contributed by atoms with E-state index in [1.54, 1.807) is 0 Å². The third-order valence-electron chi connectivity index (χ3n) is 1.02. The van der Waals surface area contributed by atoms with Crippen molar-refractivity contribution < 1.29 is 15.0 Å². The predicted molar refractivity (Wildman–Crippen MR) is 31.6 cm³/mol. The molecule has 0 saturated carbocycles. The quantitative estimate of drug-likeness (QED) is 0.574. The molecule has 0 radical (unpaired) electrons. The summed E-state index contributed by atoms with van der Waals surface area (Å²) in [5, 5.41) is 16.8. The third-order valence-corrected chi connectivity index (χ3v) is 1.02. The van der Waals surface area contributed by atoms with Crippen molar-refractivity contribution in [3.05, 3.63) is 18.2 Å². The number of nitrogens with zero attached hydrogens (tertiary/aromatic N) is 2. The highest BCUT2D eigenvalue weighted by molar-refractivity contribution is 5.67. The Hall–Kier alpha value is -1.36. The van der Waals surface area contributed by atoms with Crippen molar-refractivity contribution in [2.24, 2.45) is 0 Å². The van der Waals surface area contributed by atoms with Gasteiger partial charge in [0.1, 0.15) is 6.33 Å². The van der Waals surface area contributed by atoms with Crippen molar-refractivity contribution in [2.45, 2.75) is 6.61 Å². The second-order valence-corrected chi connectivity index (χ2v) is 1.71. The highest BCUT2D eigenvalue weighted by Gasteiger charge is 2.01. The molecule has 0 aliphatic heterocycles. The maximum Gasteiger partial charge on any atom is 0.416 e. The van der Waals surface area contributed by atoms with E-state index in [-0.39, 0.29) is 6.61 Å². The lowest BCUT2D eigenvalue weighted by molar-refractivity contribution is 0.196. The molecular weight excluding hydrogens is 136 g/mol. The molecule has 0 fully saturated rings. The topological polar surface area (TPSA) is 75.3 Å². The van der Waals surface area contributed by atoms with E-state index >= 15 is 0 Å². The fraction of sp³-hybridized carbons (Fsp3) is 0.200. The molecular formula is C5H6N2O3. The van der Waals surface area contributed by atoms with Gasteiger partial charge in [0.15, 0.2) is 0 Å². The molecule has 0 unspecified atom stereocenters. The van der Waals surface area contributed by atoms with E-state index in [9.17, 15) is 4.79 Å². The molecule has 0 aliphatic rings. The Bertz CT molecular complexity index is 243. The van der Waals surface area contributed by atoms with Gasteiger partial charge in [-0.15, -0.1) is 0 Å². The van der Waals surface area contributed by atoms with E-state index in [0.29, 0.717) is 5.69 Å². The number of carboxylic acid groups (broad SMARTS) is 1. The first-order valence-electron chi connectivity index (χ1n) is 2.61. The molecule has 10 heavy (non-hydrogen) atoms. The minimum Gasteiger partial charge on any atom is -0.464 e. The maximum absolute atomic E-state index is 10.2. The van der Waals surface area contributed by atoms with Crippen LogP contribution >= 0.6 is 0 Å². The Morgan fingerprint density at radius 1 is 1.80 bits per heavy atom. The van der Waals surface area contributed by atoms with Crippen molar-refractivity contribution in [3.63, 3.8) is 0 Å². The summed E-state index contributed by atoms with van der Waals surface area (Å²) in [4.78, 5) is 13.8. The van der Waals surface area contributed by atoms with Gasteiger partial charge in [-0.2, -0.15) is 0 Å². The molecule has 0 bridgehead atoms. The van der Waals surface area contributed by atoms with Crippen molar-refractivity contribution >= 4 is 6.09 Å². The highest BCUT2D eigenvalue weighted by Crippen LogP contribution is 1.93. The Morgan fingerprint density at radius 3 is 2.80 bits per heavy atom. The summed E-state index contributed by atoms with van der Waals surface area (Å²) >= 11 is 0. The van der Waals surface area contributed by atoms with Crippen LogP contribution in [0.1, 0.15) is 5.69 Å². The van der Waals surface area contributed by atoms with Gasteiger partial charge < -0.3 is 10.2 Å². The summed E-state index contributed by atoms with van der Waals surface area (Å²) in [6, 6.07) is 0. The molecule has 0 aliphatic carbocycles. The molecule has 1 heterocycles. The van der Waals surface area contributed by atoms with Crippen LogP contribution in [0.4, 0.5) is 4.79 Å². The third kappa shape index (κ3) is 1.14. The van der Waals surface area contributed by atoms with E-state index in [4.69, 9.17) is 10.2 Å². The number of imidazole rings is 1. The zero-order valence-electron chi connectivity index (χ0n) is 5.06. The number of aliphatic hydroxyl groups excluding tert-OH is 1. The van der Waals surface area contributed by atoms with Gasteiger partial charge in [-0.1, -0.05) is 0 Å². The van der Waals surface area contributed by atoms with E-state index in [1.807, 2.05) is 0 Å². The summed E-state index contributed by atoms with van der Waals surface area (Å²) < 4.78 is 0.881. The summed E-state index contributed by atoms with van der Waals surface area (Å²) in [5.41, 5.74) is 0.349.